The minimum Gasteiger partial charge on any atom is -0.314 e. The second-order valence-electron chi connectivity index (χ2n) is 7.22. The second-order valence-corrected chi connectivity index (χ2v) is 7.22. The van der Waals surface area contributed by atoms with E-state index in [2.05, 4.69) is 39.9 Å². The molecule has 0 heterocycles. The SMILES string of the molecule is CCCC1CCC(CNC(C)C)C(C(C)CCC)C1. The first-order valence-electron chi connectivity index (χ1n) is 8.81. The molecule has 1 saturated carbocycles. The Morgan fingerprint density at radius 2 is 1.79 bits per heavy atom. The zero-order valence-corrected chi connectivity index (χ0v) is 14.0. The lowest BCUT2D eigenvalue weighted by molar-refractivity contribution is 0.114. The normalized spacial score (nSPS) is 29.7. The zero-order chi connectivity index (χ0) is 14.3. The molecule has 114 valence electrons. The van der Waals surface area contributed by atoms with Crippen LogP contribution in [0.25, 0.3) is 0 Å². The summed E-state index contributed by atoms with van der Waals surface area (Å²) in [5.41, 5.74) is 0. The predicted molar refractivity (Wildman–Crippen MR) is 86.4 cm³/mol. The van der Waals surface area contributed by atoms with Crippen LogP contribution < -0.4 is 5.32 Å². The highest BCUT2D eigenvalue weighted by atomic mass is 14.9. The number of hydrogen-bond acceptors (Lipinski definition) is 1. The van der Waals surface area contributed by atoms with Crippen LogP contribution in [0.5, 0.6) is 0 Å². The van der Waals surface area contributed by atoms with Crippen LogP contribution in [0.1, 0.15) is 79.6 Å². The molecule has 1 fully saturated rings. The van der Waals surface area contributed by atoms with Gasteiger partial charge in [0.25, 0.3) is 0 Å². The fourth-order valence-corrected chi connectivity index (χ4v) is 4.04. The van der Waals surface area contributed by atoms with Crippen LogP contribution in [0.4, 0.5) is 0 Å². The van der Waals surface area contributed by atoms with Gasteiger partial charge in [0.2, 0.25) is 0 Å². The first kappa shape index (κ1) is 17.0. The number of hydrogen-bond donors (Lipinski definition) is 1. The molecule has 1 rings (SSSR count). The van der Waals surface area contributed by atoms with Crippen LogP contribution in [0.2, 0.25) is 0 Å². The van der Waals surface area contributed by atoms with Gasteiger partial charge in [0, 0.05) is 6.04 Å². The number of nitrogens with one attached hydrogen (secondary N) is 1. The summed E-state index contributed by atoms with van der Waals surface area (Å²) < 4.78 is 0. The molecular formula is C18H37N. The van der Waals surface area contributed by atoms with Gasteiger partial charge in [0.1, 0.15) is 0 Å². The van der Waals surface area contributed by atoms with Gasteiger partial charge in [0.05, 0.1) is 0 Å². The van der Waals surface area contributed by atoms with Gasteiger partial charge in [-0.2, -0.15) is 0 Å². The monoisotopic (exact) mass is 267 g/mol. The lowest BCUT2D eigenvalue weighted by Gasteiger charge is -2.40. The average molecular weight is 268 g/mol. The van der Waals surface area contributed by atoms with Gasteiger partial charge in [-0.15, -0.1) is 0 Å². The Morgan fingerprint density at radius 3 is 2.37 bits per heavy atom. The highest BCUT2D eigenvalue weighted by Crippen LogP contribution is 2.41. The zero-order valence-electron chi connectivity index (χ0n) is 14.0. The van der Waals surface area contributed by atoms with E-state index in [1.807, 2.05) is 0 Å². The van der Waals surface area contributed by atoms with Gasteiger partial charge < -0.3 is 5.32 Å². The van der Waals surface area contributed by atoms with Gasteiger partial charge in [0.15, 0.2) is 0 Å². The molecule has 4 atom stereocenters. The summed E-state index contributed by atoms with van der Waals surface area (Å²) in [7, 11) is 0. The highest BCUT2D eigenvalue weighted by Gasteiger charge is 2.32. The van der Waals surface area contributed by atoms with E-state index >= 15 is 0 Å². The molecule has 0 radical (unpaired) electrons. The fraction of sp³-hybridized carbons (Fsp3) is 1.00. The molecule has 0 aliphatic heterocycles. The largest absolute Gasteiger partial charge is 0.314 e. The minimum absolute atomic E-state index is 0.635. The molecular weight excluding hydrogens is 230 g/mol. The van der Waals surface area contributed by atoms with Gasteiger partial charge >= 0.3 is 0 Å². The van der Waals surface area contributed by atoms with Crippen LogP contribution >= 0.6 is 0 Å². The maximum absolute atomic E-state index is 3.69. The van der Waals surface area contributed by atoms with Crippen molar-refractivity contribution in [3.8, 4) is 0 Å². The Labute approximate surface area is 121 Å². The van der Waals surface area contributed by atoms with E-state index in [9.17, 15) is 0 Å². The summed E-state index contributed by atoms with van der Waals surface area (Å²) in [5, 5.41) is 3.69. The quantitative estimate of drug-likeness (QED) is 0.633. The number of rotatable bonds is 8. The topological polar surface area (TPSA) is 12.0 Å². The van der Waals surface area contributed by atoms with E-state index < -0.39 is 0 Å². The standard InChI is InChI=1S/C18H37N/c1-6-8-15(5)18-12-16(9-7-2)10-11-17(18)13-19-14(3)4/h14-19H,6-13H2,1-5H3. The maximum atomic E-state index is 3.69. The molecule has 0 spiro atoms. The first-order valence-corrected chi connectivity index (χ1v) is 8.81. The molecule has 0 aromatic carbocycles. The van der Waals surface area contributed by atoms with E-state index in [-0.39, 0.29) is 0 Å². The van der Waals surface area contributed by atoms with Crippen molar-refractivity contribution in [1.82, 2.24) is 5.32 Å². The predicted octanol–water partition coefficient (Wildman–Crippen LogP) is 5.25. The average Bonchev–Trinajstić information content (AvgIpc) is 2.37. The molecule has 0 bridgehead atoms. The Hall–Kier alpha value is -0.0400. The second kappa shape index (κ2) is 9.00. The van der Waals surface area contributed by atoms with E-state index in [4.69, 9.17) is 0 Å². The maximum Gasteiger partial charge on any atom is 0.00104 e. The van der Waals surface area contributed by atoms with Gasteiger partial charge in [-0.3, -0.25) is 0 Å². The van der Waals surface area contributed by atoms with Crippen LogP contribution in [0.15, 0.2) is 0 Å². The van der Waals surface area contributed by atoms with E-state index in [1.165, 1.54) is 51.5 Å². The Kier molecular flexibility index (Phi) is 8.06. The molecule has 1 aliphatic rings. The van der Waals surface area contributed by atoms with Crippen molar-refractivity contribution < 1.29 is 0 Å². The summed E-state index contributed by atoms with van der Waals surface area (Å²) in [4.78, 5) is 0. The van der Waals surface area contributed by atoms with Crippen molar-refractivity contribution >= 4 is 0 Å². The lowest BCUT2D eigenvalue weighted by Crippen LogP contribution is -2.38. The third kappa shape index (κ3) is 5.85. The molecule has 0 saturated heterocycles. The Balaban J connectivity index is 2.56. The van der Waals surface area contributed by atoms with Crippen molar-refractivity contribution in [2.45, 2.75) is 85.6 Å². The molecule has 1 heteroatoms. The summed E-state index contributed by atoms with van der Waals surface area (Å²) in [6.07, 6.45) is 10.0. The van der Waals surface area contributed by atoms with E-state index in [1.54, 1.807) is 0 Å². The Bertz CT molecular complexity index is 224. The van der Waals surface area contributed by atoms with Crippen molar-refractivity contribution in [2.24, 2.45) is 23.7 Å². The minimum atomic E-state index is 0.635. The molecule has 19 heavy (non-hydrogen) atoms. The third-order valence-electron chi connectivity index (χ3n) is 5.12. The molecule has 1 nitrogen and oxygen atoms in total. The molecule has 1 N–H and O–H groups in total. The molecule has 0 aromatic heterocycles. The van der Waals surface area contributed by atoms with Gasteiger partial charge in [-0.05, 0) is 43.1 Å². The molecule has 1 aliphatic carbocycles. The van der Waals surface area contributed by atoms with Crippen molar-refractivity contribution in [2.75, 3.05) is 6.54 Å². The molecule has 4 unspecified atom stereocenters. The highest BCUT2D eigenvalue weighted by molar-refractivity contribution is 4.84. The Morgan fingerprint density at radius 1 is 1.05 bits per heavy atom. The van der Waals surface area contributed by atoms with Crippen LogP contribution in [0.3, 0.4) is 0 Å². The van der Waals surface area contributed by atoms with Crippen LogP contribution in [-0.4, -0.2) is 12.6 Å². The summed E-state index contributed by atoms with van der Waals surface area (Å²) in [5.74, 6) is 3.83. The molecule has 0 aromatic rings. The molecule has 0 amide bonds. The lowest BCUT2D eigenvalue weighted by atomic mass is 9.67. The van der Waals surface area contributed by atoms with Crippen molar-refractivity contribution in [1.29, 1.82) is 0 Å². The van der Waals surface area contributed by atoms with Crippen LogP contribution in [0, 0.1) is 23.7 Å². The first-order chi connectivity index (χ1) is 9.08. The van der Waals surface area contributed by atoms with Gasteiger partial charge in [-0.1, -0.05) is 66.7 Å². The summed E-state index contributed by atoms with van der Waals surface area (Å²) in [6, 6.07) is 0.635. The van der Waals surface area contributed by atoms with E-state index in [0.717, 1.165) is 23.7 Å². The fourth-order valence-electron chi connectivity index (χ4n) is 4.04. The smallest absolute Gasteiger partial charge is 0.00104 e. The third-order valence-corrected chi connectivity index (χ3v) is 5.12. The summed E-state index contributed by atoms with van der Waals surface area (Å²) in [6.45, 7) is 13.0. The van der Waals surface area contributed by atoms with Crippen molar-refractivity contribution in [3.63, 3.8) is 0 Å². The van der Waals surface area contributed by atoms with Crippen LogP contribution in [-0.2, 0) is 0 Å². The van der Waals surface area contributed by atoms with E-state index in [0.29, 0.717) is 6.04 Å². The van der Waals surface area contributed by atoms with Crippen molar-refractivity contribution in [3.05, 3.63) is 0 Å². The summed E-state index contributed by atoms with van der Waals surface area (Å²) >= 11 is 0. The van der Waals surface area contributed by atoms with Gasteiger partial charge in [-0.25, -0.2) is 0 Å².